The van der Waals surface area contributed by atoms with Gasteiger partial charge in [0.25, 0.3) is 0 Å². The third-order valence-corrected chi connectivity index (χ3v) is 7.43. The predicted octanol–water partition coefficient (Wildman–Crippen LogP) is 4.49. The van der Waals surface area contributed by atoms with Gasteiger partial charge in [-0.2, -0.15) is 0 Å². The summed E-state index contributed by atoms with van der Waals surface area (Å²) in [5.41, 5.74) is 3.21. The van der Waals surface area contributed by atoms with Crippen LogP contribution in [0.15, 0.2) is 18.5 Å². The lowest BCUT2D eigenvalue weighted by Gasteiger charge is -2.47. The lowest BCUT2D eigenvalue weighted by Crippen LogP contribution is -2.54. The van der Waals surface area contributed by atoms with E-state index >= 15 is 0 Å². The van der Waals surface area contributed by atoms with Gasteiger partial charge in [-0.05, 0) is 61.1 Å². The number of piperidine rings is 1. The number of nitrogens with one attached hydrogen (secondary N) is 1. The molecule has 0 spiro atoms. The lowest BCUT2D eigenvalue weighted by molar-refractivity contribution is -0.154. The first-order chi connectivity index (χ1) is 14.4. The highest BCUT2D eigenvalue weighted by Gasteiger charge is 2.44. The van der Waals surface area contributed by atoms with Crippen molar-refractivity contribution >= 4 is 22.9 Å². The monoisotopic (exact) mass is 411 g/mol. The second-order valence-corrected chi connectivity index (χ2v) is 9.49. The van der Waals surface area contributed by atoms with E-state index in [0.29, 0.717) is 25.3 Å². The number of H-pyrrole nitrogens is 1. The molecule has 2 aromatic rings. The third-order valence-electron chi connectivity index (χ3n) is 7.43. The van der Waals surface area contributed by atoms with E-state index < -0.39 is 5.97 Å². The van der Waals surface area contributed by atoms with Gasteiger partial charge >= 0.3 is 5.97 Å². The summed E-state index contributed by atoms with van der Waals surface area (Å²) in [5.74, 6) is -0.306. The van der Waals surface area contributed by atoms with Crippen LogP contribution in [0, 0.1) is 24.7 Å². The van der Waals surface area contributed by atoms with Crippen LogP contribution in [0.4, 0.5) is 0 Å². The average molecular weight is 412 g/mol. The highest BCUT2D eigenvalue weighted by Crippen LogP contribution is 2.41. The Kier molecular flexibility index (Phi) is 5.85. The molecule has 2 N–H and O–H groups in total. The highest BCUT2D eigenvalue weighted by molar-refractivity contribution is 5.85. The number of aryl methyl sites for hydroxylation is 1. The van der Waals surface area contributed by atoms with Gasteiger partial charge in [-0.25, -0.2) is 4.98 Å². The van der Waals surface area contributed by atoms with E-state index in [1.165, 1.54) is 11.1 Å². The number of aromatic nitrogens is 2. The van der Waals surface area contributed by atoms with E-state index in [4.69, 9.17) is 0 Å². The van der Waals surface area contributed by atoms with Crippen molar-refractivity contribution in [2.24, 2.45) is 17.8 Å². The number of aromatic amines is 1. The molecule has 4 rings (SSSR count). The Morgan fingerprint density at radius 3 is 2.77 bits per heavy atom. The summed E-state index contributed by atoms with van der Waals surface area (Å²) in [6.45, 7) is 6.99. The predicted molar refractivity (Wildman–Crippen MR) is 116 cm³/mol. The van der Waals surface area contributed by atoms with Crippen LogP contribution in [0.2, 0.25) is 0 Å². The van der Waals surface area contributed by atoms with Gasteiger partial charge in [-0.15, -0.1) is 0 Å². The van der Waals surface area contributed by atoms with E-state index in [0.717, 1.165) is 36.7 Å². The molecule has 6 nitrogen and oxygen atoms in total. The molecule has 4 unspecified atom stereocenters. The molecular weight excluding hydrogens is 378 g/mol. The number of amides is 1. The van der Waals surface area contributed by atoms with Crippen LogP contribution >= 0.6 is 0 Å². The lowest BCUT2D eigenvalue weighted by atomic mass is 9.71. The number of fused-ring (bicyclic) bond motifs is 2. The van der Waals surface area contributed by atoms with Crippen molar-refractivity contribution < 1.29 is 14.7 Å². The minimum Gasteiger partial charge on any atom is -0.481 e. The van der Waals surface area contributed by atoms with Crippen molar-refractivity contribution in [2.75, 3.05) is 6.54 Å². The molecule has 1 aliphatic carbocycles. The van der Waals surface area contributed by atoms with E-state index in [9.17, 15) is 14.7 Å². The van der Waals surface area contributed by atoms with Gasteiger partial charge in [-0.3, -0.25) is 9.59 Å². The van der Waals surface area contributed by atoms with Crippen molar-refractivity contribution in [3.63, 3.8) is 0 Å². The summed E-state index contributed by atoms with van der Waals surface area (Å²) in [5, 5.41) is 10.8. The van der Waals surface area contributed by atoms with Gasteiger partial charge in [0.1, 0.15) is 5.65 Å². The van der Waals surface area contributed by atoms with Crippen molar-refractivity contribution in [2.45, 2.75) is 71.3 Å². The number of nitrogens with zero attached hydrogens (tertiary/aromatic N) is 2. The van der Waals surface area contributed by atoms with Gasteiger partial charge in [-0.1, -0.05) is 26.7 Å². The highest BCUT2D eigenvalue weighted by atomic mass is 16.4. The fraction of sp³-hybridized carbons (Fsp3) is 0.625. The second kappa shape index (κ2) is 8.40. The second-order valence-electron chi connectivity index (χ2n) is 9.49. The summed E-state index contributed by atoms with van der Waals surface area (Å²) in [6, 6.07) is 2.10. The molecule has 0 radical (unpaired) electrons. The van der Waals surface area contributed by atoms with E-state index in [-0.39, 0.29) is 29.7 Å². The molecule has 1 saturated carbocycles. The standard InChI is InChI=1S/C24H33N3O3/c1-14(2)18(19-13-26-23-22(19)15(3)8-10-25-23)12-21(28)27-11-9-17(24(29)30)16-6-4-5-7-20(16)27/h8,10,13-14,16-18,20H,4-7,9,11-12H2,1-3H3,(H,25,26)(H,29,30). The molecule has 2 fully saturated rings. The molecule has 0 bridgehead atoms. The molecule has 0 aromatic carbocycles. The average Bonchev–Trinajstić information content (AvgIpc) is 3.15. The molecule has 4 atom stereocenters. The fourth-order valence-corrected chi connectivity index (χ4v) is 5.82. The smallest absolute Gasteiger partial charge is 0.306 e. The molecule has 162 valence electrons. The Morgan fingerprint density at radius 2 is 2.03 bits per heavy atom. The van der Waals surface area contributed by atoms with Gasteiger partial charge in [0.05, 0.1) is 5.92 Å². The molecule has 3 heterocycles. The van der Waals surface area contributed by atoms with Gasteiger partial charge in [0.2, 0.25) is 5.91 Å². The maximum atomic E-state index is 13.5. The first-order valence-electron chi connectivity index (χ1n) is 11.3. The summed E-state index contributed by atoms with van der Waals surface area (Å²) in [7, 11) is 0. The fourth-order valence-electron chi connectivity index (χ4n) is 5.82. The number of aliphatic carboxylic acids is 1. The van der Waals surface area contributed by atoms with Crippen LogP contribution in [-0.4, -0.2) is 44.4 Å². The first kappa shape index (κ1) is 20.9. The number of pyridine rings is 1. The Bertz CT molecular complexity index is 935. The van der Waals surface area contributed by atoms with E-state index in [1.807, 2.05) is 23.4 Å². The number of hydrogen-bond acceptors (Lipinski definition) is 3. The largest absolute Gasteiger partial charge is 0.481 e. The number of carboxylic acids is 1. The number of rotatable bonds is 5. The zero-order valence-corrected chi connectivity index (χ0v) is 18.2. The topological polar surface area (TPSA) is 86.3 Å². The Morgan fingerprint density at radius 1 is 1.27 bits per heavy atom. The molecule has 30 heavy (non-hydrogen) atoms. The van der Waals surface area contributed by atoms with Crippen LogP contribution in [0.5, 0.6) is 0 Å². The number of carboxylic acid groups (broad SMARTS) is 1. The number of carbonyl (C=O) groups is 2. The molecule has 1 aliphatic heterocycles. The Hall–Kier alpha value is -2.37. The van der Waals surface area contributed by atoms with Crippen LogP contribution in [-0.2, 0) is 9.59 Å². The van der Waals surface area contributed by atoms with Crippen LogP contribution in [0.1, 0.15) is 69.4 Å². The summed E-state index contributed by atoms with van der Waals surface area (Å²) >= 11 is 0. The third kappa shape index (κ3) is 3.72. The maximum absolute atomic E-state index is 13.5. The Balaban J connectivity index is 1.58. The van der Waals surface area contributed by atoms with Gasteiger partial charge < -0.3 is 15.0 Å². The van der Waals surface area contributed by atoms with Crippen LogP contribution in [0.3, 0.4) is 0 Å². The Labute approximate surface area is 178 Å². The normalized spacial score (nSPS) is 25.3. The number of carbonyl (C=O) groups excluding carboxylic acids is 1. The quantitative estimate of drug-likeness (QED) is 0.759. The summed E-state index contributed by atoms with van der Waals surface area (Å²) in [4.78, 5) is 35.0. The summed E-state index contributed by atoms with van der Waals surface area (Å²) < 4.78 is 0. The first-order valence-corrected chi connectivity index (χ1v) is 11.3. The van der Waals surface area contributed by atoms with Crippen LogP contribution < -0.4 is 0 Å². The molecule has 2 aliphatic rings. The molecule has 1 saturated heterocycles. The SMILES string of the molecule is Cc1ccnc2[nH]cc(C(CC(=O)N3CCC(C(=O)O)C4CCCCC43)C(C)C)c12. The van der Waals surface area contributed by atoms with Crippen molar-refractivity contribution in [1.29, 1.82) is 0 Å². The zero-order chi connectivity index (χ0) is 21.4. The van der Waals surface area contributed by atoms with Gasteiger partial charge in [0.15, 0.2) is 0 Å². The van der Waals surface area contributed by atoms with Gasteiger partial charge in [0, 0.05) is 36.8 Å². The van der Waals surface area contributed by atoms with E-state index in [2.05, 4.69) is 30.7 Å². The summed E-state index contributed by atoms with van der Waals surface area (Å²) in [6.07, 6.45) is 8.87. The van der Waals surface area contributed by atoms with Crippen LogP contribution in [0.25, 0.3) is 11.0 Å². The minimum absolute atomic E-state index is 0.0836. The van der Waals surface area contributed by atoms with E-state index in [1.54, 1.807) is 0 Å². The number of hydrogen-bond donors (Lipinski definition) is 2. The number of likely N-dealkylation sites (tertiary alicyclic amines) is 1. The molecule has 6 heteroatoms. The maximum Gasteiger partial charge on any atom is 0.306 e. The molecule has 2 aromatic heterocycles. The molecular formula is C24H33N3O3. The van der Waals surface area contributed by atoms with Crippen molar-refractivity contribution in [1.82, 2.24) is 14.9 Å². The van der Waals surface area contributed by atoms with Crippen molar-refractivity contribution in [3.8, 4) is 0 Å². The zero-order valence-electron chi connectivity index (χ0n) is 18.2. The van der Waals surface area contributed by atoms with Crippen molar-refractivity contribution in [3.05, 3.63) is 29.6 Å². The minimum atomic E-state index is -0.694. The molecule has 1 amide bonds.